The molecule has 7 rings (SSSR count). The first-order valence-electron chi connectivity index (χ1n) is 16.4. The van der Waals surface area contributed by atoms with E-state index >= 15 is 4.39 Å². The number of hydrogen-bond donors (Lipinski definition) is 1. The van der Waals surface area contributed by atoms with Crippen LogP contribution in [0, 0.1) is 5.82 Å². The molecule has 260 valence electrons. The number of carbonyl (C=O) groups excluding carboxylic acids is 2. The molecule has 2 amide bonds. The predicted octanol–water partition coefficient (Wildman–Crippen LogP) is 6.90. The molecule has 0 saturated carbocycles. The Balaban J connectivity index is 1.28. The second kappa shape index (κ2) is 13.5. The summed E-state index contributed by atoms with van der Waals surface area (Å²) in [6.07, 6.45) is 3.78. The molecule has 1 saturated heterocycles. The average molecular weight is 708 g/mol. The molecule has 12 nitrogen and oxygen atoms in total. The smallest absolute Gasteiger partial charge is 0.410 e. The fourth-order valence-electron chi connectivity index (χ4n) is 6.22. The topological polar surface area (TPSA) is 144 Å². The van der Waals surface area contributed by atoms with Crippen LogP contribution in [-0.2, 0) is 16.0 Å². The minimum Gasteiger partial charge on any atom is -0.481 e. The first kappa shape index (κ1) is 33.7. The van der Waals surface area contributed by atoms with Crippen LogP contribution < -0.4 is 4.90 Å². The molecule has 1 aliphatic heterocycles. The number of hydrogen-bond acceptors (Lipinski definition) is 9. The lowest BCUT2D eigenvalue weighted by Crippen LogP contribution is -2.53. The summed E-state index contributed by atoms with van der Waals surface area (Å²) in [4.78, 5) is 52.0. The van der Waals surface area contributed by atoms with Crippen molar-refractivity contribution < 1.29 is 28.6 Å². The summed E-state index contributed by atoms with van der Waals surface area (Å²) < 4.78 is 24.0. The van der Waals surface area contributed by atoms with Gasteiger partial charge in [0.15, 0.2) is 5.65 Å². The molecule has 51 heavy (non-hydrogen) atoms. The van der Waals surface area contributed by atoms with Gasteiger partial charge in [0, 0.05) is 46.5 Å². The number of aliphatic carboxylic acids is 1. The van der Waals surface area contributed by atoms with E-state index in [1.165, 1.54) is 33.1 Å². The Morgan fingerprint density at radius 3 is 2.59 bits per heavy atom. The van der Waals surface area contributed by atoms with Crippen LogP contribution in [-0.4, -0.2) is 77.7 Å². The van der Waals surface area contributed by atoms with Gasteiger partial charge in [0.25, 0.3) is 5.91 Å². The van der Waals surface area contributed by atoms with Crippen molar-refractivity contribution in [2.24, 2.45) is 0 Å². The molecule has 2 aromatic carbocycles. The number of halogens is 1. The fraction of sp³-hybridized carbons (Fsp3) is 0.270. The van der Waals surface area contributed by atoms with Crippen molar-refractivity contribution in [1.82, 2.24) is 29.9 Å². The van der Waals surface area contributed by atoms with Gasteiger partial charge in [-0.1, -0.05) is 29.5 Å². The minimum atomic E-state index is -0.909. The molecule has 14 heteroatoms. The van der Waals surface area contributed by atoms with E-state index in [0.29, 0.717) is 53.0 Å². The minimum absolute atomic E-state index is 0.0800. The van der Waals surface area contributed by atoms with Gasteiger partial charge in [-0.2, -0.15) is 4.68 Å². The molecule has 1 fully saturated rings. The molecule has 0 unspecified atom stereocenters. The van der Waals surface area contributed by atoms with Crippen molar-refractivity contribution in [3.8, 4) is 16.1 Å². The molecule has 0 bridgehead atoms. The number of carboxylic acid groups (broad SMARTS) is 1. The van der Waals surface area contributed by atoms with Gasteiger partial charge in [0.05, 0.1) is 23.7 Å². The quantitative estimate of drug-likeness (QED) is 0.187. The number of amides is 2. The van der Waals surface area contributed by atoms with Gasteiger partial charge in [-0.3, -0.25) is 14.5 Å². The third-order valence-electron chi connectivity index (χ3n) is 8.51. The van der Waals surface area contributed by atoms with E-state index in [9.17, 15) is 19.5 Å². The van der Waals surface area contributed by atoms with E-state index in [4.69, 9.17) is 9.72 Å². The van der Waals surface area contributed by atoms with Crippen LogP contribution in [0.4, 0.5) is 15.0 Å². The summed E-state index contributed by atoms with van der Waals surface area (Å²) >= 11 is 1.50. The summed E-state index contributed by atoms with van der Waals surface area (Å²) in [5.74, 6) is -1.94. The first-order chi connectivity index (χ1) is 24.4. The number of fused-ring (bicyclic) bond motifs is 2. The molecule has 1 N–H and O–H groups in total. The number of rotatable bonds is 7. The second-order valence-corrected chi connectivity index (χ2v) is 14.4. The van der Waals surface area contributed by atoms with E-state index in [-0.39, 0.29) is 18.5 Å². The molecular weight excluding hydrogens is 674 g/mol. The number of pyridine rings is 2. The van der Waals surface area contributed by atoms with Crippen LogP contribution >= 0.6 is 11.3 Å². The van der Waals surface area contributed by atoms with Crippen LogP contribution in [0.2, 0.25) is 0 Å². The maximum absolute atomic E-state index is 16.1. The van der Waals surface area contributed by atoms with Crippen LogP contribution in [0.25, 0.3) is 37.4 Å². The van der Waals surface area contributed by atoms with E-state index in [2.05, 4.69) is 15.3 Å². The number of carboxylic acids is 1. The van der Waals surface area contributed by atoms with Crippen molar-refractivity contribution in [2.75, 3.05) is 18.0 Å². The molecule has 0 radical (unpaired) electrons. The SMILES string of the molecule is CC(C)(C)OC(=O)N1CCC[C@@H](N(C(=O)c2ccc(-n3nnc4cccnc43)cc2F)c2nccc3sc(-c4ccc(CC(=O)O)cc4)cc23)C1. The second-order valence-electron chi connectivity index (χ2n) is 13.3. The number of aromatic nitrogens is 5. The maximum Gasteiger partial charge on any atom is 0.410 e. The fourth-order valence-corrected chi connectivity index (χ4v) is 7.27. The number of piperidine rings is 1. The molecule has 1 aliphatic rings. The summed E-state index contributed by atoms with van der Waals surface area (Å²) in [7, 11) is 0. The zero-order valence-corrected chi connectivity index (χ0v) is 28.9. The van der Waals surface area contributed by atoms with E-state index < -0.39 is 35.4 Å². The lowest BCUT2D eigenvalue weighted by molar-refractivity contribution is -0.136. The van der Waals surface area contributed by atoms with Crippen LogP contribution in [0.5, 0.6) is 0 Å². The predicted molar refractivity (Wildman–Crippen MR) is 191 cm³/mol. The molecule has 4 aromatic heterocycles. The van der Waals surface area contributed by atoms with Crippen molar-refractivity contribution in [1.29, 1.82) is 0 Å². The summed E-state index contributed by atoms with van der Waals surface area (Å²) in [6.45, 7) is 6.01. The standard InChI is InChI=1S/C37H34FN7O5S/c1-37(2,3)50-36(49)43-17-5-6-25(21-43)44(35(48)26-13-12-24(19-28(26)38)45-34-29(41-42-45)7-4-15-39-34)33-27-20-31(51-30(27)14-16-40-33)23-10-8-22(9-11-23)18-32(46)47/h4,7-16,19-20,25H,5-6,17-18,21H2,1-3H3,(H,46,47)/t25-/m1/s1. The van der Waals surface area contributed by atoms with Gasteiger partial charge in [0.2, 0.25) is 0 Å². The molecular formula is C37H34FN7O5S. The third-order valence-corrected chi connectivity index (χ3v) is 9.66. The van der Waals surface area contributed by atoms with Gasteiger partial charge in [-0.05, 0) is 81.1 Å². The Hall–Kier alpha value is -5.76. The molecule has 0 aliphatic carbocycles. The number of thiophene rings is 1. The highest BCUT2D eigenvalue weighted by Crippen LogP contribution is 2.39. The van der Waals surface area contributed by atoms with Gasteiger partial charge < -0.3 is 14.7 Å². The number of nitrogens with zero attached hydrogens (tertiary/aromatic N) is 7. The zero-order chi connectivity index (χ0) is 35.9. The number of anilines is 1. The van der Waals surface area contributed by atoms with Crippen LogP contribution in [0.15, 0.2) is 79.1 Å². The highest BCUT2D eigenvalue weighted by molar-refractivity contribution is 7.22. The largest absolute Gasteiger partial charge is 0.481 e. The van der Waals surface area contributed by atoms with E-state index in [1.807, 2.05) is 24.3 Å². The normalized spacial score (nSPS) is 14.9. The highest BCUT2D eigenvalue weighted by atomic mass is 32.1. The highest BCUT2D eigenvalue weighted by Gasteiger charge is 2.36. The number of likely N-dealkylation sites (tertiary alicyclic amines) is 1. The number of carbonyl (C=O) groups is 3. The Labute approximate surface area is 296 Å². The van der Waals surface area contributed by atoms with Crippen LogP contribution in [0.3, 0.4) is 0 Å². The number of benzene rings is 2. The van der Waals surface area contributed by atoms with Crippen molar-refractivity contribution in [3.63, 3.8) is 0 Å². The Morgan fingerprint density at radius 1 is 1.04 bits per heavy atom. The molecule has 1 atom stereocenters. The number of ether oxygens (including phenoxy) is 1. The lowest BCUT2D eigenvalue weighted by Gasteiger charge is -2.39. The summed E-state index contributed by atoms with van der Waals surface area (Å²) in [6, 6.07) is 18.3. The molecule has 6 aromatic rings. The Morgan fingerprint density at radius 2 is 1.84 bits per heavy atom. The van der Waals surface area contributed by atoms with Crippen molar-refractivity contribution in [3.05, 3.63) is 96.1 Å². The third kappa shape index (κ3) is 6.99. The van der Waals surface area contributed by atoms with Crippen LogP contribution in [0.1, 0.15) is 49.5 Å². The lowest BCUT2D eigenvalue weighted by atomic mass is 10.0. The van der Waals surface area contributed by atoms with Gasteiger partial charge in [-0.15, -0.1) is 16.4 Å². The monoisotopic (exact) mass is 707 g/mol. The van der Waals surface area contributed by atoms with E-state index in [1.54, 1.807) is 68.4 Å². The zero-order valence-electron chi connectivity index (χ0n) is 28.1. The van der Waals surface area contributed by atoms with Gasteiger partial charge in [-0.25, -0.2) is 19.2 Å². The van der Waals surface area contributed by atoms with Gasteiger partial charge in [0.1, 0.15) is 22.8 Å². The molecule has 0 spiro atoms. The molecule has 5 heterocycles. The van der Waals surface area contributed by atoms with Gasteiger partial charge >= 0.3 is 12.1 Å². The van der Waals surface area contributed by atoms with Crippen molar-refractivity contribution >= 4 is 56.4 Å². The first-order valence-corrected chi connectivity index (χ1v) is 17.2. The summed E-state index contributed by atoms with van der Waals surface area (Å²) in [5.41, 5.74) is 2.02. The Kier molecular flexibility index (Phi) is 8.93. The maximum atomic E-state index is 16.1. The van der Waals surface area contributed by atoms with E-state index in [0.717, 1.165) is 15.1 Å². The van der Waals surface area contributed by atoms with Crippen molar-refractivity contribution in [2.45, 2.75) is 51.7 Å². The summed E-state index contributed by atoms with van der Waals surface area (Å²) in [5, 5.41) is 18.1. The average Bonchev–Trinajstić information content (AvgIpc) is 3.73. The Bertz CT molecular complexity index is 2280.